The highest BCUT2D eigenvalue weighted by atomic mass is 35.5. The van der Waals surface area contributed by atoms with Crippen molar-refractivity contribution in [3.05, 3.63) is 70.1 Å². The molecule has 0 atom stereocenters. The zero-order chi connectivity index (χ0) is 18.3. The minimum absolute atomic E-state index is 0.341. The molecule has 2 rings (SSSR count). The molecule has 0 aliphatic heterocycles. The number of halogens is 1. The molecule has 132 valence electrons. The maximum atomic E-state index is 11.8. The van der Waals surface area contributed by atoms with E-state index in [0.717, 1.165) is 16.5 Å². The summed E-state index contributed by atoms with van der Waals surface area (Å²) in [4.78, 5) is 13.6. The topological polar surface area (TPSA) is 84.5 Å². The number of ether oxygens (including phenoxy) is 1. The van der Waals surface area contributed by atoms with Gasteiger partial charge in [0.25, 0.3) is 15.9 Å². The molecule has 0 spiro atoms. The third-order valence-corrected chi connectivity index (χ3v) is 4.38. The van der Waals surface area contributed by atoms with Gasteiger partial charge < -0.3 is 4.74 Å². The molecule has 2 aromatic rings. The van der Waals surface area contributed by atoms with Crippen molar-refractivity contribution in [3.63, 3.8) is 0 Å². The summed E-state index contributed by atoms with van der Waals surface area (Å²) >= 11 is 5.90. The van der Waals surface area contributed by atoms with E-state index >= 15 is 0 Å². The quantitative estimate of drug-likeness (QED) is 0.723. The molecule has 25 heavy (non-hydrogen) atoms. The Morgan fingerprint density at radius 2 is 1.92 bits per heavy atom. The lowest BCUT2D eigenvalue weighted by Gasteiger charge is -2.08. The molecule has 0 saturated carbocycles. The SMILES string of the molecule is Cc1cc(OCC(=O)NNS(=O)(=O)/C=C/c2ccccc2)ccc1Cl. The van der Waals surface area contributed by atoms with Crippen LogP contribution < -0.4 is 15.0 Å². The lowest BCUT2D eigenvalue weighted by atomic mass is 10.2. The van der Waals surface area contributed by atoms with Crippen LogP contribution >= 0.6 is 11.6 Å². The van der Waals surface area contributed by atoms with Crippen LogP contribution in [0.3, 0.4) is 0 Å². The summed E-state index contributed by atoms with van der Waals surface area (Å²) in [6.07, 6.45) is 1.42. The van der Waals surface area contributed by atoms with Crippen LogP contribution in [0.2, 0.25) is 5.02 Å². The van der Waals surface area contributed by atoms with E-state index in [4.69, 9.17) is 16.3 Å². The Balaban J connectivity index is 1.82. The molecule has 2 N–H and O–H groups in total. The van der Waals surface area contributed by atoms with Crippen molar-refractivity contribution in [1.29, 1.82) is 0 Å². The second-order valence-electron chi connectivity index (χ2n) is 5.11. The fourth-order valence-corrected chi connectivity index (χ4v) is 2.56. The Kier molecular flexibility index (Phi) is 6.58. The predicted octanol–water partition coefficient (Wildman–Crippen LogP) is 2.65. The van der Waals surface area contributed by atoms with E-state index in [-0.39, 0.29) is 6.61 Å². The number of carbonyl (C=O) groups is 1. The largest absolute Gasteiger partial charge is 0.484 e. The summed E-state index contributed by atoms with van der Waals surface area (Å²) in [5.74, 6) is -0.173. The Hall–Kier alpha value is -2.35. The zero-order valence-electron chi connectivity index (χ0n) is 13.4. The molecule has 0 aliphatic carbocycles. The summed E-state index contributed by atoms with van der Waals surface area (Å²) in [6.45, 7) is 1.47. The van der Waals surface area contributed by atoms with Crippen molar-refractivity contribution < 1.29 is 17.9 Å². The fraction of sp³-hybridized carbons (Fsp3) is 0.118. The molecule has 0 heterocycles. The van der Waals surface area contributed by atoms with E-state index in [1.54, 1.807) is 42.5 Å². The van der Waals surface area contributed by atoms with Crippen LogP contribution in [-0.4, -0.2) is 20.9 Å². The van der Waals surface area contributed by atoms with Crippen LogP contribution in [0.5, 0.6) is 5.75 Å². The van der Waals surface area contributed by atoms with Crippen molar-refractivity contribution in [2.75, 3.05) is 6.61 Å². The van der Waals surface area contributed by atoms with Crippen molar-refractivity contribution in [2.24, 2.45) is 0 Å². The third kappa shape index (κ3) is 6.58. The van der Waals surface area contributed by atoms with E-state index in [0.29, 0.717) is 10.8 Å². The Morgan fingerprint density at radius 1 is 1.20 bits per heavy atom. The smallest absolute Gasteiger partial charge is 0.272 e. The molecular formula is C17H17ClN2O4S. The van der Waals surface area contributed by atoms with Crippen molar-refractivity contribution in [2.45, 2.75) is 6.92 Å². The van der Waals surface area contributed by atoms with E-state index in [9.17, 15) is 13.2 Å². The van der Waals surface area contributed by atoms with Gasteiger partial charge in [-0.15, -0.1) is 4.83 Å². The van der Waals surface area contributed by atoms with Gasteiger partial charge in [-0.25, -0.2) is 8.42 Å². The molecule has 0 bridgehead atoms. The Morgan fingerprint density at radius 3 is 2.60 bits per heavy atom. The highest BCUT2D eigenvalue weighted by Crippen LogP contribution is 2.20. The zero-order valence-corrected chi connectivity index (χ0v) is 15.0. The minimum atomic E-state index is -3.81. The average Bonchev–Trinajstić information content (AvgIpc) is 2.60. The standard InChI is InChI=1S/C17H17ClN2O4S/c1-13-11-15(7-8-16(13)18)24-12-17(21)19-20-25(22,23)10-9-14-5-3-2-4-6-14/h2-11,20H,12H2,1H3,(H,19,21)/b10-9+. The number of hydrogen-bond acceptors (Lipinski definition) is 4. The lowest BCUT2D eigenvalue weighted by molar-refractivity contribution is -0.123. The summed E-state index contributed by atoms with van der Waals surface area (Å²) in [5.41, 5.74) is 3.61. The highest BCUT2D eigenvalue weighted by Gasteiger charge is 2.09. The van der Waals surface area contributed by atoms with Gasteiger partial charge >= 0.3 is 0 Å². The summed E-state index contributed by atoms with van der Waals surface area (Å²) in [5, 5.41) is 1.56. The van der Waals surface area contributed by atoms with Crippen molar-refractivity contribution in [1.82, 2.24) is 10.3 Å². The molecule has 0 unspecified atom stereocenters. The predicted molar refractivity (Wildman–Crippen MR) is 97.4 cm³/mol. The van der Waals surface area contributed by atoms with Crippen LogP contribution in [0.1, 0.15) is 11.1 Å². The van der Waals surface area contributed by atoms with Crippen molar-refractivity contribution in [3.8, 4) is 5.75 Å². The third-order valence-electron chi connectivity index (χ3n) is 3.07. The molecule has 0 fully saturated rings. The first kappa shape index (κ1) is 19.0. The summed E-state index contributed by atoms with van der Waals surface area (Å²) in [7, 11) is -3.81. The number of rotatable bonds is 7. The van der Waals surface area contributed by atoms with E-state index in [2.05, 4.69) is 5.43 Å². The molecule has 1 amide bonds. The van der Waals surface area contributed by atoms with Crippen LogP contribution in [-0.2, 0) is 14.8 Å². The van der Waals surface area contributed by atoms with Gasteiger partial charge in [0.1, 0.15) is 5.75 Å². The van der Waals surface area contributed by atoms with Gasteiger partial charge in [0, 0.05) is 10.4 Å². The first-order chi connectivity index (χ1) is 11.9. The number of aryl methyl sites for hydroxylation is 1. The number of amides is 1. The molecule has 0 aromatic heterocycles. The first-order valence-corrected chi connectivity index (χ1v) is 9.21. The molecule has 8 heteroatoms. The van der Waals surface area contributed by atoms with E-state index in [1.807, 2.05) is 17.8 Å². The average molecular weight is 381 g/mol. The normalized spacial score (nSPS) is 11.4. The van der Waals surface area contributed by atoms with E-state index in [1.165, 1.54) is 6.08 Å². The van der Waals surface area contributed by atoms with Crippen LogP contribution in [0.15, 0.2) is 53.9 Å². The second kappa shape index (κ2) is 8.66. The fourth-order valence-electron chi connectivity index (χ4n) is 1.79. The van der Waals surface area contributed by atoms with Crippen LogP contribution in [0.4, 0.5) is 0 Å². The molecule has 0 radical (unpaired) electrons. The van der Waals surface area contributed by atoms with Gasteiger partial charge in [0.05, 0.1) is 0 Å². The lowest BCUT2D eigenvalue weighted by Crippen LogP contribution is -2.42. The van der Waals surface area contributed by atoms with Gasteiger partial charge in [0.15, 0.2) is 6.61 Å². The number of hydrogen-bond donors (Lipinski definition) is 2. The highest BCUT2D eigenvalue weighted by molar-refractivity contribution is 7.92. The number of carbonyl (C=O) groups excluding carboxylic acids is 1. The molecule has 6 nitrogen and oxygen atoms in total. The Bertz CT molecular complexity index is 867. The van der Waals surface area contributed by atoms with Gasteiger partial charge in [-0.05, 0) is 42.3 Å². The molecular weight excluding hydrogens is 364 g/mol. The summed E-state index contributed by atoms with van der Waals surface area (Å²) in [6, 6.07) is 13.9. The molecule has 0 aliphatic rings. The monoisotopic (exact) mass is 380 g/mol. The Labute approximate surface area is 151 Å². The van der Waals surface area contributed by atoms with Gasteiger partial charge in [0.2, 0.25) is 0 Å². The van der Waals surface area contributed by atoms with Crippen LogP contribution in [0.25, 0.3) is 6.08 Å². The molecule has 0 saturated heterocycles. The minimum Gasteiger partial charge on any atom is -0.484 e. The van der Waals surface area contributed by atoms with E-state index < -0.39 is 15.9 Å². The number of benzene rings is 2. The van der Waals surface area contributed by atoms with Crippen molar-refractivity contribution >= 4 is 33.6 Å². The number of nitrogens with one attached hydrogen (secondary N) is 2. The van der Waals surface area contributed by atoms with Crippen LogP contribution in [0, 0.1) is 6.92 Å². The summed E-state index contributed by atoms with van der Waals surface area (Å²) < 4.78 is 28.9. The maximum absolute atomic E-state index is 11.8. The van der Waals surface area contributed by atoms with Gasteiger partial charge in [-0.1, -0.05) is 41.9 Å². The number of sulfonamides is 1. The first-order valence-electron chi connectivity index (χ1n) is 7.28. The van der Waals surface area contributed by atoms with Gasteiger partial charge in [-0.2, -0.15) is 0 Å². The number of hydrazine groups is 1. The maximum Gasteiger partial charge on any atom is 0.272 e. The van der Waals surface area contributed by atoms with Gasteiger partial charge in [-0.3, -0.25) is 10.2 Å². The second-order valence-corrected chi connectivity index (χ2v) is 7.08. The molecule has 2 aromatic carbocycles.